The van der Waals surface area contributed by atoms with E-state index < -0.39 is 0 Å². The highest BCUT2D eigenvalue weighted by molar-refractivity contribution is 5.97. The number of hydrogen-bond acceptors (Lipinski definition) is 2. The number of aryl methyl sites for hydroxylation is 4. The van der Waals surface area contributed by atoms with Gasteiger partial charge in [-0.05, 0) is 256 Å². The molecule has 14 aromatic carbocycles. The lowest BCUT2D eigenvalue weighted by Crippen LogP contribution is -2.16. The Morgan fingerprint density at radius 2 is 0.431 bits per heavy atom. The minimum atomic E-state index is -0.142. The Hall–Kier alpha value is -11.3. The van der Waals surface area contributed by atoms with Crippen molar-refractivity contribution in [2.75, 3.05) is 9.80 Å². The number of hydrogen-bond donors (Lipinski definition) is 0. The van der Waals surface area contributed by atoms with Crippen molar-refractivity contribution in [2.24, 2.45) is 0 Å². The Kier molecular flexibility index (Phi) is 14.3. The van der Waals surface area contributed by atoms with Crippen LogP contribution < -0.4 is 9.80 Å². The molecule has 2 heteroatoms. The first-order chi connectivity index (χ1) is 49.2. The second kappa shape index (κ2) is 23.1. The maximum Gasteiger partial charge on any atom is 0.0569 e. The van der Waals surface area contributed by atoms with Gasteiger partial charge < -0.3 is 9.80 Å². The van der Waals surface area contributed by atoms with Crippen LogP contribution >= 0.6 is 0 Å². The molecule has 0 fully saturated rings. The largest absolute Gasteiger partial charge is 0.309 e. The van der Waals surface area contributed by atoms with Crippen LogP contribution in [0.1, 0.15) is 122 Å². The monoisotopic (exact) mass is 1310 g/mol. The quantitative estimate of drug-likeness (QED) is 0.127. The molecular weight excluding hydrogens is 1230 g/mol. The highest BCUT2D eigenvalue weighted by Crippen LogP contribution is 2.56. The summed E-state index contributed by atoms with van der Waals surface area (Å²) in [6.07, 6.45) is 0. The Bertz CT molecular complexity index is 5450. The molecule has 494 valence electrons. The van der Waals surface area contributed by atoms with Gasteiger partial charge in [0.25, 0.3) is 0 Å². The van der Waals surface area contributed by atoms with Crippen LogP contribution in [0.4, 0.5) is 34.1 Å². The Balaban J connectivity index is 0.743. The van der Waals surface area contributed by atoms with Crippen LogP contribution in [0.5, 0.6) is 0 Å². The second-order valence-electron chi connectivity index (χ2n) is 31.4. The lowest BCUT2D eigenvalue weighted by molar-refractivity contribution is 0.660. The first kappa shape index (κ1) is 62.9. The molecule has 2 nitrogen and oxygen atoms in total. The maximum absolute atomic E-state index is 2.53. The molecule has 0 radical (unpaired) electrons. The first-order valence-electron chi connectivity index (χ1n) is 36.5. The lowest BCUT2D eigenvalue weighted by atomic mass is 9.81. The summed E-state index contributed by atoms with van der Waals surface area (Å²) in [5.41, 5.74) is 44.8. The molecular formula is C100H84N2. The molecule has 0 spiro atoms. The van der Waals surface area contributed by atoms with Gasteiger partial charge in [0.1, 0.15) is 0 Å². The van der Waals surface area contributed by atoms with E-state index in [4.69, 9.17) is 0 Å². The van der Waals surface area contributed by atoms with Crippen molar-refractivity contribution in [3.63, 3.8) is 0 Å². The number of benzene rings is 14. The summed E-state index contributed by atoms with van der Waals surface area (Å²) < 4.78 is 0. The minimum absolute atomic E-state index is 0.0920. The van der Waals surface area contributed by atoms with E-state index in [0.29, 0.717) is 0 Å². The fraction of sp³-hybridized carbons (Fsp3) is 0.160. The van der Waals surface area contributed by atoms with Gasteiger partial charge in [-0.1, -0.05) is 274 Å². The van der Waals surface area contributed by atoms with Crippen molar-refractivity contribution in [1.29, 1.82) is 0 Å². The fourth-order valence-electron chi connectivity index (χ4n) is 18.4. The van der Waals surface area contributed by atoms with Gasteiger partial charge in [0.2, 0.25) is 0 Å². The number of nitrogens with zero attached hydrogens (tertiary/aromatic N) is 2. The Labute approximate surface area is 603 Å². The average molecular weight is 1310 g/mol. The highest BCUT2D eigenvalue weighted by Gasteiger charge is 2.40. The van der Waals surface area contributed by atoms with Crippen LogP contribution in [0, 0.1) is 27.7 Å². The van der Waals surface area contributed by atoms with E-state index in [2.05, 4.69) is 384 Å². The van der Waals surface area contributed by atoms with Crippen LogP contribution in [0.2, 0.25) is 0 Å². The number of rotatable bonds is 11. The molecule has 0 aromatic heterocycles. The zero-order valence-electron chi connectivity index (χ0n) is 60.6. The van der Waals surface area contributed by atoms with Crippen molar-refractivity contribution in [2.45, 2.75) is 105 Å². The van der Waals surface area contributed by atoms with Gasteiger partial charge in [-0.2, -0.15) is 0 Å². The van der Waals surface area contributed by atoms with Crippen LogP contribution in [0.25, 0.3) is 100 Å². The Morgan fingerprint density at radius 1 is 0.186 bits per heavy atom. The summed E-state index contributed by atoms with van der Waals surface area (Å²) in [5.74, 6) is 0. The molecule has 0 unspecified atom stereocenters. The topological polar surface area (TPSA) is 6.48 Å². The third-order valence-electron chi connectivity index (χ3n) is 24.0. The van der Waals surface area contributed by atoms with E-state index in [0.717, 1.165) is 22.7 Å². The van der Waals surface area contributed by atoms with Crippen LogP contribution in [-0.4, -0.2) is 0 Å². The lowest BCUT2D eigenvalue weighted by Gasteiger charge is -2.32. The first-order valence-corrected chi connectivity index (χ1v) is 36.5. The van der Waals surface area contributed by atoms with E-state index in [1.165, 1.54) is 178 Å². The zero-order chi connectivity index (χ0) is 69.9. The molecule has 102 heavy (non-hydrogen) atoms. The smallest absolute Gasteiger partial charge is 0.0569 e. The molecule has 14 aromatic rings. The van der Waals surface area contributed by atoms with Crippen LogP contribution in [-0.2, 0) is 21.7 Å². The Morgan fingerprint density at radius 3 is 0.745 bits per heavy atom. The maximum atomic E-state index is 2.53. The van der Waals surface area contributed by atoms with Gasteiger partial charge in [0, 0.05) is 55.5 Å². The standard InChI is InChI=1S/C100H84N2/c1-61-23-21-29-75(71-41-51-83-79-27-15-19-33-87(79)99(9,10)91(83)59-71)95(61)101(73-45-35-65(36-46-73)69-39-49-81-77-25-13-17-31-85(77)97(5,6)89(81)57-69)93-53-43-67(55-63(93)3)68-44-54-94(64(4)56-68)102(74-47-37-66(38-48-74)70-40-50-82-78-26-14-18-32-86(78)98(7,8)90(82)58-70)96-62(2)24-22-30-76(96)72-42-52-84-80-28-16-20-34-88(80)100(11,12)92(84)60-72/h13-60H,1-12H3. The SMILES string of the molecule is Cc1cc(-c2ccc(N(c3ccc(-c4ccc5c(c4)C(C)(C)c4ccccc4-5)cc3)c3c(C)cccc3-c3ccc4c(c3)C(C)(C)c3ccccc3-4)c(C)c2)ccc1N(c1ccc(-c2ccc3c(c2)C(C)(C)c2ccccc2-3)cc1)c1c(C)cccc1-c1ccc2c(c1)C(C)(C)c1ccccc1-2. The van der Waals surface area contributed by atoms with Crippen molar-refractivity contribution in [3.05, 3.63) is 358 Å². The van der Waals surface area contributed by atoms with Crippen LogP contribution in [0.3, 0.4) is 0 Å². The average Bonchev–Trinajstić information content (AvgIpc) is 1.55. The van der Waals surface area contributed by atoms with Crippen LogP contribution in [0.15, 0.2) is 291 Å². The molecule has 18 rings (SSSR count). The molecule has 4 aliphatic rings. The van der Waals surface area contributed by atoms with E-state index in [9.17, 15) is 0 Å². The van der Waals surface area contributed by atoms with Crippen molar-refractivity contribution >= 4 is 34.1 Å². The van der Waals surface area contributed by atoms with E-state index in [1.807, 2.05) is 0 Å². The van der Waals surface area contributed by atoms with Gasteiger partial charge in [0.05, 0.1) is 11.4 Å². The predicted octanol–water partition coefficient (Wildman–Crippen LogP) is 27.4. The molecule has 4 aliphatic carbocycles. The summed E-state index contributed by atoms with van der Waals surface area (Å²) in [4.78, 5) is 5.07. The number of para-hydroxylation sites is 2. The summed E-state index contributed by atoms with van der Waals surface area (Å²) in [7, 11) is 0. The minimum Gasteiger partial charge on any atom is -0.309 e. The molecule has 0 atom stereocenters. The molecule has 0 aliphatic heterocycles. The van der Waals surface area contributed by atoms with E-state index in [1.54, 1.807) is 0 Å². The van der Waals surface area contributed by atoms with Gasteiger partial charge in [-0.3, -0.25) is 0 Å². The molecule has 0 saturated carbocycles. The molecule has 0 heterocycles. The third kappa shape index (κ3) is 9.59. The van der Waals surface area contributed by atoms with Crippen molar-refractivity contribution < 1.29 is 0 Å². The summed E-state index contributed by atoms with van der Waals surface area (Å²) in [6.45, 7) is 28.2. The predicted molar refractivity (Wildman–Crippen MR) is 432 cm³/mol. The normalized spacial score (nSPS) is 14.6. The molecule has 0 amide bonds. The fourth-order valence-corrected chi connectivity index (χ4v) is 18.4. The van der Waals surface area contributed by atoms with Gasteiger partial charge in [-0.25, -0.2) is 0 Å². The number of anilines is 6. The molecule has 0 N–H and O–H groups in total. The molecule has 0 bridgehead atoms. The summed E-state index contributed by atoms with van der Waals surface area (Å²) >= 11 is 0. The van der Waals surface area contributed by atoms with Crippen molar-refractivity contribution in [1.82, 2.24) is 0 Å². The van der Waals surface area contributed by atoms with E-state index in [-0.39, 0.29) is 21.7 Å². The van der Waals surface area contributed by atoms with Gasteiger partial charge in [-0.15, -0.1) is 0 Å². The molecule has 0 saturated heterocycles. The number of fused-ring (bicyclic) bond motifs is 12. The van der Waals surface area contributed by atoms with Gasteiger partial charge >= 0.3 is 0 Å². The third-order valence-corrected chi connectivity index (χ3v) is 24.0. The summed E-state index contributed by atoms with van der Waals surface area (Å²) in [5, 5.41) is 0. The van der Waals surface area contributed by atoms with E-state index >= 15 is 0 Å². The second-order valence-corrected chi connectivity index (χ2v) is 31.4. The van der Waals surface area contributed by atoms with Gasteiger partial charge in [0.15, 0.2) is 0 Å². The van der Waals surface area contributed by atoms with Crippen molar-refractivity contribution in [3.8, 4) is 100 Å². The summed E-state index contributed by atoms with van der Waals surface area (Å²) in [6, 6.07) is 111. The highest BCUT2D eigenvalue weighted by atomic mass is 15.2. The zero-order valence-corrected chi connectivity index (χ0v) is 60.6.